The van der Waals surface area contributed by atoms with Crippen LogP contribution in [0, 0.1) is 0 Å². The zero-order chi connectivity index (χ0) is 21.1. The summed E-state index contributed by atoms with van der Waals surface area (Å²) in [6, 6.07) is 6.26. The number of halogens is 6. The number of ether oxygens (including phenoxy) is 1. The molecule has 2 rings (SSSR count). The molecular weight excluding hydrogens is 394 g/mol. The van der Waals surface area contributed by atoms with E-state index >= 15 is 0 Å². The first-order valence-electron chi connectivity index (χ1n) is 7.49. The molecule has 0 radical (unpaired) electrons. The van der Waals surface area contributed by atoms with Gasteiger partial charge in [-0.15, -0.1) is 0 Å². The maximum atomic E-state index is 12.8. The van der Waals surface area contributed by atoms with Crippen LogP contribution in [-0.2, 0) is 17.1 Å². The first-order chi connectivity index (χ1) is 12.9. The number of nitrogens with two attached hydrogens (primary N) is 1. The van der Waals surface area contributed by atoms with Crippen LogP contribution in [0.15, 0.2) is 42.5 Å². The molecule has 0 aliphatic heterocycles. The molecule has 0 atom stereocenters. The predicted molar refractivity (Wildman–Crippen MR) is 85.5 cm³/mol. The number of para-hydroxylation sites is 1. The standard InChI is InChI=1S/C17H12F6N2O3/c18-16(19,20)9-5-10(17(21,22)23)7-11(6-9)25-14(26)8-28-13-4-2-1-3-12(13)15(24)27/h1-7H,8H2,(H2,24,27)(H,25,26). The third-order valence-electron chi connectivity index (χ3n) is 3.38. The lowest BCUT2D eigenvalue weighted by atomic mass is 10.1. The molecule has 0 spiro atoms. The zero-order valence-corrected chi connectivity index (χ0v) is 13.8. The van der Waals surface area contributed by atoms with E-state index < -0.39 is 47.6 Å². The summed E-state index contributed by atoms with van der Waals surface area (Å²) in [4.78, 5) is 23.1. The Morgan fingerprint density at radius 2 is 1.46 bits per heavy atom. The van der Waals surface area contributed by atoms with Crippen LogP contribution in [0.4, 0.5) is 32.0 Å². The topological polar surface area (TPSA) is 81.4 Å². The highest BCUT2D eigenvalue weighted by atomic mass is 19.4. The van der Waals surface area contributed by atoms with Gasteiger partial charge in [0.15, 0.2) is 6.61 Å². The molecule has 0 bridgehead atoms. The van der Waals surface area contributed by atoms with Gasteiger partial charge in [-0.3, -0.25) is 9.59 Å². The SMILES string of the molecule is NC(=O)c1ccccc1OCC(=O)Nc1cc(C(F)(F)F)cc(C(F)(F)F)c1. The molecule has 2 aromatic rings. The Morgan fingerprint density at radius 1 is 0.929 bits per heavy atom. The Kier molecular flexibility index (Phi) is 5.86. The fourth-order valence-corrected chi connectivity index (χ4v) is 2.16. The number of hydrogen-bond donors (Lipinski definition) is 2. The van der Waals surface area contributed by atoms with Gasteiger partial charge in [-0.25, -0.2) is 0 Å². The molecule has 5 nitrogen and oxygen atoms in total. The molecule has 0 saturated carbocycles. The van der Waals surface area contributed by atoms with Crippen molar-refractivity contribution in [1.29, 1.82) is 0 Å². The zero-order valence-electron chi connectivity index (χ0n) is 13.8. The number of hydrogen-bond acceptors (Lipinski definition) is 3. The normalized spacial score (nSPS) is 11.8. The highest BCUT2D eigenvalue weighted by Gasteiger charge is 2.37. The summed E-state index contributed by atoms with van der Waals surface area (Å²) >= 11 is 0. The lowest BCUT2D eigenvalue weighted by molar-refractivity contribution is -0.143. The predicted octanol–water partition coefficient (Wildman–Crippen LogP) is 3.84. The van der Waals surface area contributed by atoms with Gasteiger partial charge in [0.05, 0.1) is 16.7 Å². The van der Waals surface area contributed by atoms with Crippen LogP contribution in [0.25, 0.3) is 0 Å². The number of anilines is 1. The van der Waals surface area contributed by atoms with Gasteiger partial charge in [-0.1, -0.05) is 12.1 Å². The average Bonchev–Trinajstić information content (AvgIpc) is 2.58. The van der Waals surface area contributed by atoms with Gasteiger partial charge in [-0.05, 0) is 30.3 Å². The van der Waals surface area contributed by atoms with Crippen molar-refractivity contribution in [1.82, 2.24) is 0 Å². The van der Waals surface area contributed by atoms with Gasteiger partial charge in [-0.2, -0.15) is 26.3 Å². The molecule has 3 N–H and O–H groups in total. The molecule has 2 aromatic carbocycles. The highest BCUT2D eigenvalue weighted by molar-refractivity contribution is 5.96. The molecule has 0 fully saturated rings. The number of rotatable bonds is 5. The lowest BCUT2D eigenvalue weighted by Gasteiger charge is -2.15. The van der Waals surface area contributed by atoms with Crippen LogP contribution in [0.3, 0.4) is 0 Å². The smallest absolute Gasteiger partial charge is 0.416 e. The first kappa shape index (κ1) is 21.1. The second-order valence-electron chi connectivity index (χ2n) is 5.49. The van der Waals surface area contributed by atoms with Crippen molar-refractivity contribution in [3.8, 4) is 5.75 Å². The molecule has 11 heteroatoms. The van der Waals surface area contributed by atoms with Gasteiger partial charge in [0, 0.05) is 5.69 Å². The number of amides is 2. The Labute approximate surface area is 154 Å². The summed E-state index contributed by atoms with van der Waals surface area (Å²) in [5, 5.41) is 1.91. The van der Waals surface area contributed by atoms with E-state index in [-0.39, 0.29) is 17.4 Å². The van der Waals surface area contributed by atoms with Gasteiger partial charge in [0.1, 0.15) is 5.75 Å². The van der Waals surface area contributed by atoms with Crippen LogP contribution in [0.1, 0.15) is 21.5 Å². The first-order valence-corrected chi connectivity index (χ1v) is 7.49. The van der Waals surface area contributed by atoms with Crippen LogP contribution >= 0.6 is 0 Å². The van der Waals surface area contributed by atoms with Crippen molar-refractivity contribution in [2.24, 2.45) is 5.73 Å². The van der Waals surface area contributed by atoms with Gasteiger partial charge in [0.25, 0.3) is 11.8 Å². The number of benzene rings is 2. The summed E-state index contributed by atoms with van der Waals surface area (Å²) in [5.74, 6) is -1.94. The van der Waals surface area contributed by atoms with E-state index in [9.17, 15) is 35.9 Å². The summed E-state index contributed by atoms with van der Waals surface area (Å²) in [6.45, 7) is -0.776. The van der Waals surface area contributed by atoms with E-state index in [0.717, 1.165) is 0 Å². The van der Waals surface area contributed by atoms with Crippen LogP contribution in [-0.4, -0.2) is 18.4 Å². The van der Waals surface area contributed by atoms with E-state index in [1.54, 1.807) is 0 Å². The van der Waals surface area contributed by atoms with E-state index in [1.807, 2.05) is 5.32 Å². The van der Waals surface area contributed by atoms with Crippen molar-refractivity contribution < 1.29 is 40.7 Å². The minimum atomic E-state index is -5.04. The van der Waals surface area contributed by atoms with Crippen molar-refractivity contribution in [2.75, 3.05) is 11.9 Å². The van der Waals surface area contributed by atoms with E-state index in [2.05, 4.69) is 0 Å². The van der Waals surface area contributed by atoms with E-state index in [1.165, 1.54) is 24.3 Å². The number of alkyl halides is 6. The number of nitrogens with one attached hydrogen (secondary N) is 1. The molecule has 0 saturated heterocycles. The third-order valence-corrected chi connectivity index (χ3v) is 3.38. The highest BCUT2D eigenvalue weighted by Crippen LogP contribution is 2.37. The third kappa shape index (κ3) is 5.38. The molecule has 0 aliphatic carbocycles. The Morgan fingerprint density at radius 3 is 1.96 bits per heavy atom. The Hall–Kier alpha value is -3.24. The second-order valence-corrected chi connectivity index (χ2v) is 5.49. The largest absolute Gasteiger partial charge is 0.483 e. The number of carbonyl (C=O) groups excluding carboxylic acids is 2. The van der Waals surface area contributed by atoms with E-state index in [0.29, 0.717) is 12.1 Å². The molecule has 150 valence electrons. The van der Waals surface area contributed by atoms with Crippen LogP contribution < -0.4 is 15.8 Å². The van der Waals surface area contributed by atoms with Gasteiger partial charge in [0.2, 0.25) is 0 Å². The van der Waals surface area contributed by atoms with Crippen LogP contribution in [0.5, 0.6) is 5.75 Å². The summed E-state index contributed by atoms with van der Waals surface area (Å²) in [5.41, 5.74) is 1.23. The molecular formula is C17H12F6N2O3. The number of carbonyl (C=O) groups is 2. The van der Waals surface area contributed by atoms with Crippen molar-refractivity contribution in [3.63, 3.8) is 0 Å². The summed E-state index contributed by atoms with van der Waals surface area (Å²) in [7, 11) is 0. The van der Waals surface area contributed by atoms with Crippen molar-refractivity contribution in [2.45, 2.75) is 12.4 Å². The summed E-state index contributed by atoms with van der Waals surface area (Å²) < 4.78 is 82.0. The molecule has 0 aliphatic rings. The van der Waals surface area contributed by atoms with Crippen LogP contribution in [0.2, 0.25) is 0 Å². The minimum absolute atomic E-state index is 0.0475. The van der Waals surface area contributed by atoms with Gasteiger partial charge < -0.3 is 15.8 Å². The van der Waals surface area contributed by atoms with Crippen molar-refractivity contribution >= 4 is 17.5 Å². The fourth-order valence-electron chi connectivity index (χ4n) is 2.16. The average molecular weight is 406 g/mol. The molecule has 2 amide bonds. The monoisotopic (exact) mass is 406 g/mol. The van der Waals surface area contributed by atoms with Crippen molar-refractivity contribution in [3.05, 3.63) is 59.2 Å². The molecule has 0 aromatic heterocycles. The van der Waals surface area contributed by atoms with Gasteiger partial charge >= 0.3 is 12.4 Å². The maximum Gasteiger partial charge on any atom is 0.416 e. The maximum absolute atomic E-state index is 12.8. The second kappa shape index (κ2) is 7.79. The molecule has 0 unspecified atom stereocenters. The number of primary amides is 1. The quantitative estimate of drug-likeness (QED) is 0.741. The summed E-state index contributed by atoms with van der Waals surface area (Å²) in [6.07, 6.45) is -10.1. The van der Waals surface area contributed by atoms with E-state index in [4.69, 9.17) is 10.5 Å². The Balaban J connectivity index is 2.19. The lowest BCUT2D eigenvalue weighted by Crippen LogP contribution is -2.22. The Bertz CT molecular complexity index is 861. The fraction of sp³-hybridized carbons (Fsp3) is 0.176. The molecule has 28 heavy (non-hydrogen) atoms. The minimum Gasteiger partial charge on any atom is -0.483 e. The molecule has 0 heterocycles.